The van der Waals surface area contributed by atoms with E-state index in [2.05, 4.69) is 34.0 Å². The number of ether oxygens (including phenoxy) is 1. The highest BCUT2D eigenvalue weighted by molar-refractivity contribution is 5.87. The lowest BCUT2D eigenvalue weighted by molar-refractivity contribution is 0.300. The van der Waals surface area contributed by atoms with E-state index in [0.717, 1.165) is 36.4 Å². The summed E-state index contributed by atoms with van der Waals surface area (Å²) < 4.78 is 9.60. The Bertz CT molecular complexity index is 1240. The molecule has 0 bridgehead atoms. The fraction of sp³-hybridized carbons (Fsp3) is 0.217. The molecule has 4 aromatic rings. The van der Waals surface area contributed by atoms with Crippen molar-refractivity contribution >= 4 is 10.9 Å². The number of nitrogens with one attached hydrogen (secondary N) is 1. The summed E-state index contributed by atoms with van der Waals surface area (Å²) in [5.74, 6) is 0.540. The third-order valence-electron chi connectivity index (χ3n) is 5.55. The van der Waals surface area contributed by atoms with Crippen LogP contribution < -0.4 is 15.6 Å². The van der Waals surface area contributed by atoms with Gasteiger partial charge >= 0.3 is 0 Å². The number of hydrogen-bond donors (Lipinski definition) is 1. The number of aryl methyl sites for hydroxylation is 1. The van der Waals surface area contributed by atoms with Crippen molar-refractivity contribution in [3.63, 3.8) is 0 Å². The molecule has 0 aliphatic carbocycles. The van der Waals surface area contributed by atoms with Crippen LogP contribution in [-0.2, 0) is 26.6 Å². The Morgan fingerprint density at radius 3 is 2.93 bits per heavy atom. The van der Waals surface area contributed by atoms with Gasteiger partial charge in [0.1, 0.15) is 12.4 Å². The minimum Gasteiger partial charge on any atom is -0.487 e. The summed E-state index contributed by atoms with van der Waals surface area (Å²) in [4.78, 5) is 16.9. The molecule has 0 amide bonds. The van der Waals surface area contributed by atoms with Gasteiger partial charge in [0.25, 0.3) is 5.56 Å². The predicted octanol–water partition coefficient (Wildman–Crippen LogP) is 2.95. The summed E-state index contributed by atoms with van der Waals surface area (Å²) in [5.41, 5.74) is 5.45. The van der Waals surface area contributed by atoms with Crippen LogP contribution >= 0.6 is 0 Å². The van der Waals surface area contributed by atoms with E-state index in [1.807, 2.05) is 30.3 Å². The van der Waals surface area contributed by atoms with E-state index >= 15 is 0 Å². The van der Waals surface area contributed by atoms with E-state index in [9.17, 15) is 4.79 Å². The van der Waals surface area contributed by atoms with Crippen molar-refractivity contribution < 1.29 is 4.74 Å². The van der Waals surface area contributed by atoms with Crippen LogP contribution in [0.5, 0.6) is 5.75 Å². The lowest BCUT2D eigenvalue weighted by Crippen LogP contribution is -2.24. The quantitative estimate of drug-likeness (QED) is 0.586. The molecule has 0 fully saturated rings. The maximum absolute atomic E-state index is 12.7. The smallest absolute Gasteiger partial charge is 0.258 e. The van der Waals surface area contributed by atoms with Crippen LogP contribution in [0.4, 0.5) is 0 Å². The lowest BCUT2D eigenvalue weighted by Gasteiger charge is -2.14. The second kappa shape index (κ2) is 7.22. The van der Waals surface area contributed by atoms with Gasteiger partial charge in [-0.2, -0.15) is 0 Å². The van der Waals surface area contributed by atoms with Crippen LogP contribution in [0, 0.1) is 0 Å². The van der Waals surface area contributed by atoms with Gasteiger partial charge in [-0.25, -0.2) is 0 Å². The molecule has 1 aromatic carbocycles. The minimum atomic E-state index is -0.122. The van der Waals surface area contributed by atoms with Crippen molar-refractivity contribution in [1.29, 1.82) is 0 Å². The van der Waals surface area contributed by atoms with Gasteiger partial charge < -0.3 is 14.6 Å². The Hall–Kier alpha value is -3.38. The number of aromatic nitrogens is 3. The fourth-order valence-corrected chi connectivity index (χ4v) is 4.03. The molecule has 0 saturated carbocycles. The van der Waals surface area contributed by atoms with Crippen molar-refractivity contribution in [2.45, 2.75) is 19.6 Å². The Balaban J connectivity index is 1.45. The van der Waals surface area contributed by atoms with E-state index in [0.29, 0.717) is 12.4 Å². The fourth-order valence-electron chi connectivity index (χ4n) is 4.03. The molecule has 0 radical (unpaired) electrons. The molecule has 1 aliphatic rings. The van der Waals surface area contributed by atoms with Crippen molar-refractivity contribution in [3.05, 3.63) is 88.2 Å². The summed E-state index contributed by atoms with van der Waals surface area (Å²) in [6, 6.07) is 15.2. The monoisotopic (exact) mass is 386 g/mol. The van der Waals surface area contributed by atoms with Crippen LogP contribution in [0.15, 0.2) is 65.7 Å². The highest BCUT2D eigenvalue weighted by Gasteiger charge is 2.18. The number of nitrogens with zero attached hydrogens (tertiary/aromatic N) is 3. The zero-order valence-electron chi connectivity index (χ0n) is 16.3. The third-order valence-corrected chi connectivity index (χ3v) is 5.55. The minimum absolute atomic E-state index is 0.122. The molecule has 6 heteroatoms. The van der Waals surface area contributed by atoms with Gasteiger partial charge in [-0.1, -0.05) is 12.1 Å². The van der Waals surface area contributed by atoms with Crippen LogP contribution in [0.1, 0.15) is 17.0 Å². The van der Waals surface area contributed by atoms with Crippen LogP contribution in [0.3, 0.4) is 0 Å². The first-order valence-corrected chi connectivity index (χ1v) is 9.77. The molecule has 0 atom stereocenters. The molecule has 146 valence electrons. The number of benzene rings is 1. The topological polar surface area (TPSA) is 61.1 Å². The van der Waals surface area contributed by atoms with Crippen LogP contribution in [-0.4, -0.2) is 20.7 Å². The van der Waals surface area contributed by atoms with E-state index in [1.165, 1.54) is 22.7 Å². The Morgan fingerprint density at radius 1 is 1.17 bits per heavy atom. The summed E-state index contributed by atoms with van der Waals surface area (Å²) in [6.45, 7) is 2.23. The number of pyridine rings is 2. The standard InChI is InChI=1S/C23H22N4O2/c1-26-21-12-17(5-6-19(21)20-7-10-24-14-22(20)26)27-11-8-18(13-23(27)28)29-15-16-4-2-3-9-25-16/h2-6,8-9,11-13,24H,7,10,14-15H2,1H3. The molecule has 1 aliphatic heterocycles. The average molecular weight is 386 g/mol. The van der Waals surface area contributed by atoms with E-state index in [1.54, 1.807) is 17.0 Å². The molecular formula is C23H22N4O2. The SMILES string of the molecule is Cn1c2c(c3ccc(-n4ccc(OCc5ccccn5)cc4=O)cc31)CCNC2. The highest BCUT2D eigenvalue weighted by Crippen LogP contribution is 2.29. The summed E-state index contributed by atoms with van der Waals surface area (Å²) in [5, 5.41) is 4.71. The van der Waals surface area contributed by atoms with Gasteiger partial charge in [0.15, 0.2) is 0 Å². The van der Waals surface area contributed by atoms with Gasteiger partial charge in [0.2, 0.25) is 0 Å². The van der Waals surface area contributed by atoms with Gasteiger partial charge in [-0.05, 0) is 48.9 Å². The molecule has 4 heterocycles. The highest BCUT2D eigenvalue weighted by atomic mass is 16.5. The summed E-state index contributed by atoms with van der Waals surface area (Å²) in [6.07, 6.45) is 4.53. The van der Waals surface area contributed by atoms with E-state index in [-0.39, 0.29) is 5.56 Å². The van der Waals surface area contributed by atoms with Gasteiger partial charge in [-0.15, -0.1) is 0 Å². The van der Waals surface area contributed by atoms with Gasteiger partial charge in [-0.3, -0.25) is 14.3 Å². The third kappa shape index (κ3) is 3.21. The Labute approximate surface area is 168 Å². The van der Waals surface area contributed by atoms with Gasteiger partial charge in [0, 0.05) is 43.1 Å². The largest absolute Gasteiger partial charge is 0.487 e. The summed E-state index contributed by atoms with van der Waals surface area (Å²) >= 11 is 0. The molecule has 1 N–H and O–H groups in total. The molecular weight excluding hydrogens is 364 g/mol. The maximum Gasteiger partial charge on any atom is 0.258 e. The Kier molecular flexibility index (Phi) is 4.41. The van der Waals surface area contributed by atoms with Crippen LogP contribution in [0.25, 0.3) is 16.6 Å². The molecule has 6 nitrogen and oxygen atoms in total. The number of fused-ring (bicyclic) bond motifs is 3. The molecule has 0 unspecified atom stereocenters. The van der Waals surface area contributed by atoms with E-state index < -0.39 is 0 Å². The normalized spacial score (nSPS) is 13.4. The van der Waals surface area contributed by atoms with Crippen LogP contribution in [0.2, 0.25) is 0 Å². The number of hydrogen-bond acceptors (Lipinski definition) is 4. The maximum atomic E-state index is 12.7. The first-order valence-electron chi connectivity index (χ1n) is 9.77. The Morgan fingerprint density at radius 2 is 2.10 bits per heavy atom. The van der Waals surface area contributed by atoms with Gasteiger partial charge in [0.05, 0.1) is 16.9 Å². The second-order valence-corrected chi connectivity index (χ2v) is 7.29. The zero-order valence-corrected chi connectivity index (χ0v) is 16.3. The molecule has 29 heavy (non-hydrogen) atoms. The lowest BCUT2D eigenvalue weighted by atomic mass is 10.0. The average Bonchev–Trinajstić information content (AvgIpc) is 3.05. The van der Waals surface area contributed by atoms with Crippen molar-refractivity contribution in [2.75, 3.05) is 6.54 Å². The zero-order chi connectivity index (χ0) is 19.8. The molecule has 0 saturated heterocycles. The predicted molar refractivity (Wildman–Crippen MR) is 112 cm³/mol. The first-order chi connectivity index (χ1) is 14.2. The molecule has 0 spiro atoms. The number of rotatable bonds is 4. The van der Waals surface area contributed by atoms with Crippen molar-refractivity contribution in [3.8, 4) is 11.4 Å². The first kappa shape index (κ1) is 17.7. The summed E-state index contributed by atoms with van der Waals surface area (Å²) in [7, 11) is 2.09. The van der Waals surface area contributed by atoms with E-state index in [4.69, 9.17) is 4.74 Å². The van der Waals surface area contributed by atoms with Crippen molar-refractivity contribution in [1.82, 2.24) is 19.4 Å². The van der Waals surface area contributed by atoms with Crippen molar-refractivity contribution in [2.24, 2.45) is 7.05 Å². The molecule has 5 rings (SSSR count). The second-order valence-electron chi connectivity index (χ2n) is 7.29. The molecule has 3 aromatic heterocycles.